The van der Waals surface area contributed by atoms with Crippen LogP contribution < -0.4 is 5.32 Å². The molecule has 1 N–H and O–H groups in total. The summed E-state index contributed by atoms with van der Waals surface area (Å²) >= 11 is 5.93. The van der Waals surface area contributed by atoms with Gasteiger partial charge >= 0.3 is 0 Å². The Morgan fingerprint density at radius 2 is 1.95 bits per heavy atom. The Kier molecular flexibility index (Phi) is 5.62. The average Bonchev–Trinajstić information content (AvgIpc) is 2.47. The van der Waals surface area contributed by atoms with Crippen LogP contribution in [-0.2, 0) is 0 Å². The second-order valence-electron chi connectivity index (χ2n) is 4.81. The zero-order valence-corrected chi connectivity index (χ0v) is 13.0. The summed E-state index contributed by atoms with van der Waals surface area (Å²) in [4.78, 5) is 6.77. The summed E-state index contributed by atoms with van der Waals surface area (Å²) in [5.74, 6) is 0. The van der Waals surface area contributed by atoms with Gasteiger partial charge in [0, 0.05) is 17.6 Å². The molecule has 0 unspecified atom stereocenters. The van der Waals surface area contributed by atoms with E-state index in [1.807, 2.05) is 24.3 Å². The van der Waals surface area contributed by atoms with Crippen molar-refractivity contribution in [2.45, 2.75) is 20.3 Å². The number of hydrogen-bond donors (Lipinski definition) is 1. The van der Waals surface area contributed by atoms with Crippen molar-refractivity contribution in [2.24, 2.45) is 0 Å². The van der Waals surface area contributed by atoms with Gasteiger partial charge in [-0.15, -0.1) is 0 Å². The highest BCUT2D eigenvalue weighted by Crippen LogP contribution is 2.23. The normalized spacial score (nSPS) is 11.2. The molecule has 2 aromatic rings. The van der Waals surface area contributed by atoms with E-state index in [0.717, 1.165) is 49.2 Å². The van der Waals surface area contributed by atoms with Gasteiger partial charge in [0.05, 0.1) is 5.52 Å². The first-order valence-corrected chi connectivity index (χ1v) is 7.64. The van der Waals surface area contributed by atoms with Crippen molar-refractivity contribution in [3.8, 4) is 0 Å². The molecule has 0 aliphatic carbocycles. The van der Waals surface area contributed by atoms with Gasteiger partial charge in [0.1, 0.15) is 5.15 Å². The van der Waals surface area contributed by atoms with Gasteiger partial charge in [-0.1, -0.05) is 31.5 Å². The molecule has 4 heteroatoms. The lowest BCUT2D eigenvalue weighted by Crippen LogP contribution is -2.25. The van der Waals surface area contributed by atoms with E-state index < -0.39 is 0 Å². The van der Waals surface area contributed by atoms with Crippen molar-refractivity contribution in [1.29, 1.82) is 0 Å². The Bertz CT molecular complexity index is 552. The van der Waals surface area contributed by atoms with Crippen molar-refractivity contribution >= 4 is 28.2 Å². The fraction of sp³-hybridized carbons (Fsp3) is 0.438. The fourth-order valence-corrected chi connectivity index (χ4v) is 2.50. The Morgan fingerprint density at radius 3 is 2.70 bits per heavy atom. The maximum Gasteiger partial charge on any atom is 0.129 e. The minimum atomic E-state index is 0.538. The molecular weight excluding hydrogens is 270 g/mol. The monoisotopic (exact) mass is 291 g/mol. The lowest BCUT2D eigenvalue weighted by molar-refractivity contribution is 0.303. The first kappa shape index (κ1) is 15.1. The van der Waals surface area contributed by atoms with Gasteiger partial charge in [-0.05, 0) is 50.3 Å². The van der Waals surface area contributed by atoms with Crippen molar-refractivity contribution in [2.75, 3.05) is 31.5 Å². The Balaban J connectivity index is 1.96. The number of pyridine rings is 1. The SMILES string of the molecule is CCN(CC)CCCNc1cccc2nc(Cl)ccc12. The predicted molar refractivity (Wildman–Crippen MR) is 87.6 cm³/mol. The van der Waals surface area contributed by atoms with Gasteiger partial charge in [0.2, 0.25) is 0 Å². The number of nitrogens with zero attached hydrogens (tertiary/aromatic N) is 2. The molecule has 0 aliphatic heterocycles. The maximum atomic E-state index is 5.93. The third-order valence-corrected chi connectivity index (χ3v) is 3.77. The number of halogens is 1. The van der Waals surface area contributed by atoms with E-state index in [-0.39, 0.29) is 0 Å². The number of nitrogens with one attached hydrogen (secondary N) is 1. The number of fused-ring (bicyclic) bond motifs is 1. The number of hydrogen-bond acceptors (Lipinski definition) is 3. The van der Waals surface area contributed by atoms with E-state index in [9.17, 15) is 0 Å². The summed E-state index contributed by atoms with van der Waals surface area (Å²) < 4.78 is 0. The molecule has 0 radical (unpaired) electrons. The minimum Gasteiger partial charge on any atom is -0.384 e. The van der Waals surface area contributed by atoms with Crippen LogP contribution in [0, 0.1) is 0 Å². The Hall–Kier alpha value is -1.32. The summed E-state index contributed by atoms with van der Waals surface area (Å²) in [5, 5.41) is 5.16. The van der Waals surface area contributed by atoms with Crippen LogP contribution in [0.4, 0.5) is 5.69 Å². The Morgan fingerprint density at radius 1 is 1.15 bits per heavy atom. The number of rotatable bonds is 7. The molecule has 0 fully saturated rings. The quantitative estimate of drug-likeness (QED) is 0.616. The van der Waals surface area contributed by atoms with Crippen LogP contribution in [0.3, 0.4) is 0 Å². The van der Waals surface area contributed by atoms with Gasteiger partial charge in [0.15, 0.2) is 0 Å². The van der Waals surface area contributed by atoms with Crippen molar-refractivity contribution < 1.29 is 0 Å². The van der Waals surface area contributed by atoms with Crippen LogP contribution in [0.25, 0.3) is 10.9 Å². The molecule has 2 rings (SSSR count). The van der Waals surface area contributed by atoms with E-state index in [4.69, 9.17) is 11.6 Å². The minimum absolute atomic E-state index is 0.538. The third-order valence-electron chi connectivity index (χ3n) is 3.56. The molecule has 1 aromatic carbocycles. The van der Waals surface area contributed by atoms with Crippen LogP contribution >= 0.6 is 11.6 Å². The summed E-state index contributed by atoms with van der Waals surface area (Å²) in [5.41, 5.74) is 2.07. The number of anilines is 1. The summed E-state index contributed by atoms with van der Waals surface area (Å²) in [6.45, 7) is 8.75. The standard InChI is InChI=1S/C16H22ClN3/c1-3-20(4-2)12-6-11-18-14-7-5-8-15-13(14)9-10-16(17)19-15/h5,7-10,18H,3-4,6,11-12H2,1-2H3. The van der Waals surface area contributed by atoms with Crippen LogP contribution in [0.15, 0.2) is 30.3 Å². The van der Waals surface area contributed by atoms with Crippen LogP contribution in [-0.4, -0.2) is 36.1 Å². The maximum absolute atomic E-state index is 5.93. The molecule has 0 bridgehead atoms. The molecule has 3 nitrogen and oxygen atoms in total. The molecule has 1 aromatic heterocycles. The molecule has 0 atom stereocenters. The van der Waals surface area contributed by atoms with E-state index in [2.05, 4.69) is 35.1 Å². The van der Waals surface area contributed by atoms with Crippen LogP contribution in [0.2, 0.25) is 5.15 Å². The summed E-state index contributed by atoms with van der Waals surface area (Å²) in [7, 11) is 0. The zero-order chi connectivity index (χ0) is 14.4. The highest BCUT2D eigenvalue weighted by atomic mass is 35.5. The van der Waals surface area contributed by atoms with Crippen LogP contribution in [0.1, 0.15) is 20.3 Å². The summed E-state index contributed by atoms with van der Waals surface area (Å²) in [6.07, 6.45) is 1.14. The predicted octanol–water partition coefficient (Wildman–Crippen LogP) is 4.03. The topological polar surface area (TPSA) is 28.2 Å². The molecular formula is C16H22ClN3. The molecule has 1 heterocycles. The molecule has 108 valence electrons. The van der Waals surface area contributed by atoms with Crippen molar-refractivity contribution in [3.05, 3.63) is 35.5 Å². The fourth-order valence-electron chi connectivity index (χ4n) is 2.35. The lowest BCUT2D eigenvalue weighted by Gasteiger charge is -2.18. The van der Waals surface area contributed by atoms with Crippen molar-refractivity contribution in [1.82, 2.24) is 9.88 Å². The molecule has 0 spiro atoms. The van der Waals surface area contributed by atoms with Crippen LogP contribution in [0.5, 0.6) is 0 Å². The largest absolute Gasteiger partial charge is 0.384 e. The van der Waals surface area contributed by atoms with E-state index in [1.54, 1.807) is 0 Å². The molecule has 0 saturated carbocycles. The second kappa shape index (κ2) is 7.46. The lowest BCUT2D eigenvalue weighted by atomic mass is 10.2. The van der Waals surface area contributed by atoms with E-state index in [0.29, 0.717) is 5.15 Å². The molecule has 0 saturated heterocycles. The van der Waals surface area contributed by atoms with Gasteiger partial charge in [0.25, 0.3) is 0 Å². The first-order chi connectivity index (χ1) is 9.74. The van der Waals surface area contributed by atoms with E-state index >= 15 is 0 Å². The first-order valence-electron chi connectivity index (χ1n) is 7.26. The number of benzene rings is 1. The Labute approximate surface area is 126 Å². The van der Waals surface area contributed by atoms with Crippen molar-refractivity contribution in [3.63, 3.8) is 0 Å². The summed E-state index contributed by atoms with van der Waals surface area (Å²) in [6, 6.07) is 9.96. The number of aromatic nitrogens is 1. The van der Waals surface area contributed by atoms with Gasteiger partial charge in [-0.3, -0.25) is 0 Å². The highest BCUT2D eigenvalue weighted by molar-refractivity contribution is 6.29. The van der Waals surface area contributed by atoms with Gasteiger partial charge < -0.3 is 10.2 Å². The van der Waals surface area contributed by atoms with Gasteiger partial charge in [-0.25, -0.2) is 4.98 Å². The zero-order valence-electron chi connectivity index (χ0n) is 12.2. The van der Waals surface area contributed by atoms with Gasteiger partial charge in [-0.2, -0.15) is 0 Å². The molecule has 0 amide bonds. The molecule has 0 aliphatic rings. The molecule has 20 heavy (non-hydrogen) atoms. The third kappa shape index (κ3) is 3.84. The van der Waals surface area contributed by atoms with E-state index in [1.165, 1.54) is 0 Å². The average molecular weight is 292 g/mol. The second-order valence-corrected chi connectivity index (χ2v) is 5.20. The smallest absolute Gasteiger partial charge is 0.129 e. The highest BCUT2D eigenvalue weighted by Gasteiger charge is 2.03.